The first-order valence-electron chi connectivity index (χ1n) is 8.94. The number of amides is 2. The number of sulfonamides is 1. The Morgan fingerprint density at radius 1 is 1.00 bits per heavy atom. The van der Waals surface area contributed by atoms with E-state index in [-0.39, 0.29) is 23.3 Å². The van der Waals surface area contributed by atoms with E-state index in [1.54, 1.807) is 12.1 Å². The average Bonchev–Trinajstić information content (AvgIpc) is 2.67. The molecule has 0 atom stereocenters. The van der Waals surface area contributed by atoms with E-state index in [9.17, 15) is 18.0 Å². The summed E-state index contributed by atoms with van der Waals surface area (Å²) in [6, 6.07) is 12.6. The van der Waals surface area contributed by atoms with Crippen LogP contribution in [0.1, 0.15) is 29.3 Å². The van der Waals surface area contributed by atoms with E-state index < -0.39 is 10.0 Å². The van der Waals surface area contributed by atoms with E-state index >= 15 is 0 Å². The Balaban J connectivity index is 2.06. The molecule has 2 aromatic carbocycles. The molecule has 0 spiro atoms. The highest BCUT2D eigenvalue weighted by Crippen LogP contribution is 2.17. The second-order valence-corrected chi connectivity index (χ2v) is 8.19. The predicted molar refractivity (Wildman–Crippen MR) is 109 cm³/mol. The quantitative estimate of drug-likeness (QED) is 0.707. The zero-order valence-electron chi connectivity index (χ0n) is 16.2. The molecule has 0 aliphatic carbocycles. The summed E-state index contributed by atoms with van der Waals surface area (Å²) in [5.74, 6) is -0.596. The molecule has 0 saturated carbocycles. The fourth-order valence-electron chi connectivity index (χ4n) is 2.44. The molecule has 0 aliphatic rings. The Kier molecular flexibility index (Phi) is 7.17. The van der Waals surface area contributed by atoms with Gasteiger partial charge in [0.2, 0.25) is 5.91 Å². The molecule has 0 unspecified atom stereocenters. The minimum absolute atomic E-state index is 0.0490. The number of anilines is 1. The van der Waals surface area contributed by atoms with Crippen LogP contribution in [0.5, 0.6) is 0 Å². The van der Waals surface area contributed by atoms with Crippen molar-refractivity contribution < 1.29 is 18.0 Å². The molecule has 0 fully saturated rings. The van der Waals surface area contributed by atoms with Gasteiger partial charge < -0.3 is 10.2 Å². The summed E-state index contributed by atoms with van der Waals surface area (Å²) >= 11 is 0. The standard InChI is InChI=1S/C20H25N3O4S/c1-4-13-21-19(24)14-23(3)20(25)16-7-11-18(12-8-16)28(26,27)22-17-9-5-15(2)6-10-17/h5-12,22H,4,13-14H2,1-3H3,(H,21,24). The van der Waals surface area contributed by atoms with E-state index in [0.717, 1.165) is 12.0 Å². The summed E-state index contributed by atoms with van der Waals surface area (Å²) in [6.07, 6.45) is 0.815. The smallest absolute Gasteiger partial charge is 0.261 e. The first kappa shape index (κ1) is 21.4. The summed E-state index contributed by atoms with van der Waals surface area (Å²) in [6.45, 7) is 4.35. The van der Waals surface area contributed by atoms with Crippen LogP contribution in [-0.4, -0.2) is 45.3 Å². The third-order valence-corrected chi connectivity index (χ3v) is 5.41. The summed E-state index contributed by atoms with van der Waals surface area (Å²) in [5.41, 5.74) is 1.79. The van der Waals surface area contributed by atoms with Gasteiger partial charge in [0.05, 0.1) is 11.4 Å². The van der Waals surface area contributed by atoms with E-state index in [1.807, 2.05) is 26.0 Å². The van der Waals surface area contributed by atoms with E-state index in [2.05, 4.69) is 10.0 Å². The Morgan fingerprint density at radius 3 is 2.18 bits per heavy atom. The van der Waals surface area contributed by atoms with Crippen molar-refractivity contribution in [2.75, 3.05) is 24.9 Å². The number of aryl methyl sites for hydroxylation is 1. The molecule has 0 radical (unpaired) electrons. The maximum Gasteiger partial charge on any atom is 0.261 e. The number of hydrogen-bond donors (Lipinski definition) is 2. The van der Waals surface area contributed by atoms with Crippen molar-refractivity contribution in [3.05, 3.63) is 59.7 Å². The van der Waals surface area contributed by atoms with Crippen LogP contribution >= 0.6 is 0 Å². The topological polar surface area (TPSA) is 95.6 Å². The number of nitrogens with zero attached hydrogens (tertiary/aromatic N) is 1. The molecular formula is C20H25N3O4S. The van der Waals surface area contributed by atoms with Gasteiger partial charge >= 0.3 is 0 Å². The van der Waals surface area contributed by atoms with Gasteiger partial charge in [0.15, 0.2) is 0 Å². The molecule has 28 heavy (non-hydrogen) atoms. The summed E-state index contributed by atoms with van der Waals surface area (Å²) < 4.78 is 27.5. The number of likely N-dealkylation sites (N-methyl/N-ethyl adjacent to an activating group) is 1. The number of carbonyl (C=O) groups excluding carboxylic acids is 2. The van der Waals surface area contributed by atoms with E-state index in [0.29, 0.717) is 17.8 Å². The van der Waals surface area contributed by atoms with Crippen molar-refractivity contribution in [2.45, 2.75) is 25.2 Å². The van der Waals surface area contributed by atoms with Crippen molar-refractivity contribution in [3.63, 3.8) is 0 Å². The fraction of sp³-hybridized carbons (Fsp3) is 0.300. The van der Waals surface area contributed by atoms with Gasteiger partial charge in [0.25, 0.3) is 15.9 Å². The number of hydrogen-bond acceptors (Lipinski definition) is 4. The van der Waals surface area contributed by atoms with Crippen LogP contribution < -0.4 is 10.0 Å². The van der Waals surface area contributed by atoms with Gasteiger partial charge in [-0.15, -0.1) is 0 Å². The van der Waals surface area contributed by atoms with E-state index in [1.165, 1.54) is 36.2 Å². The number of benzene rings is 2. The van der Waals surface area contributed by atoms with Gasteiger partial charge in [-0.25, -0.2) is 8.42 Å². The lowest BCUT2D eigenvalue weighted by atomic mass is 10.2. The Hall–Kier alpha value is -2.87. The highest BCUT2D eigenvalue weighted by atomic mass is 32.2. The third kappa shape index (κ3) is 5.82. The monoisotopic (exact) mass is 403 g/mol. The molecule has 0 aliphatic heterocycles. The number of carbonyl (C=O) groups is 2. The Bertz CT molecular complexity index is 923. The van der Waals surface area contributed by atoms with Crippen LogP contribution in [0.25, 0.3) is 0 Å². The fourth-order valence-corrected chi connectivity index (χ4v) is 3.50. The first-order valence-corrected chi connectivity index (χ1v) is 10.4. The molecule has 0 aromatic heterocycles. The number of rotatable bonds is 8. The molecule has 0 heterocycles. The molecule has 150 valence electrons. The van der Waals surface area contributed by atoms with Crippen LogP contribution in [0.3, 0.4) is 0 Å². The normalized spacial score (nSPS) is 11.0. The highest BCUT2D eigenvalue weighted by molar-refractivity contribution is 7.92. The summed E-state index contributed by atoms with van der Waals surface area (Å²) in [4.78, 5) is 25.5. The SMILES string of the molecule is CCCNC(=O)CN(C)C(=O)c1ccc(S(=O)(=O)Nc2ccc(C)cc2)cc1. The van der Waals surface area contributed by atoms with Crippen LogP contribution in [-0.2, 0) is 14.8 Å². The lowest BCUT2D eigenvalue weighted by Crippen LogP contribution is -2.38. The van der Waals surface area contributed by atoms with Crippen molar-refractivity contribution in [1.82, 2.24) is 10.2 Å². The molecule has 2 N–H and O–H groups in total. The second-order valence-electron chi connectivity index (χ2n) is 6.51. The maximum absolute atomic E-state index is 12.5. The largest absolute Gasteiger partial charge is 0.355 e. The molecule has 8 heteroatoms. The Morgan fingerprint density at radius 2 is 1.61 bits per heavy atom. The van der Waals surface area contributed by atoms with Crippen LogP contribution in [0.15, 0.2) is 53.4 Å². The van der Waals surface area contributed by atoms with Crippen molar-refractivity contribution in [2.24, 2.45) is 0 Å². The van der Waals surface area contributed by atoms with Gasteiger partial charge in [0, 0.05) is 24.8 Å². The van der Waals surface area contributed by atoms with Crippen molar-refractivity contribution in [1.29, 1.82) is 0 Å². The van der Waals surface area contributed by atoms with Gasteiger partial charge in [-0.05, 0) is 49.7 Å². The first-order chi connectivity index (χ1) is 13.2. The molecule has 0 bridgehead atoms. The zero-order valence-corrected chi connectivity index (χ0v) is 17.0. The predicted octanol–water partition coefficient (Wildman–Crippen LogP) is 2.39. The second kappa shape index (κ2) is 9.36. The van der Waals surface area contributed by atoms with Crippen molar-refractivity contribution >= 4 is 27.5 Å². The van der Waals surface area contributed by atoms with Crippen LogP contribution in [0.4, 0.5) is 5.69 Å². The minimum atomic E-state index is -3.76. The molecule has 0 saturated heterocycles. The lowest BCUT2D eigenvalue weighted by Gasteiger charge is -2.17. The highest BCUT2D eigenvalue weighted by Gasteiger charge is 2.18. The van der Waals surface area contributed by atoms with E-state index in [4.69, 9.17) is 0 Å². The molecular weight excluding hydrogens is 378 g/mol. The molecule has 2 aromatic rings. The summed E-state index contributed by atoms with van der Waals surface area (Å²) in [5, 5.41) is 2.70. The van der Waals surface area contributed by atoms with Crippen molar-refractivity contribution in [3.8, 4) is 0 Å². The lowest BCUT2D eigenvalue weighted by molar-refractivity contribution is -0.121. The zero-order chi connectivity index (χ0) is 20.7. The molecule has 2 rings (SSSR count). The average molecular weight is 404 g/mol. The molecule has 2 amide bonds. The van der Waals surface area contributed by atoms with Gasteiger partial charge in [-0.2, -0.15) is 0 Å². The Labute approximate surface area is 165 Å². The van der Waals surface area contributed by atoms with Gasteiger partial charge in [-0.1, -0.05) is 24.6 Å². The third-order valence-electron chi connectivity index (χ3n) is 4.01. The minimum Gasteiger partial charge on any atom is -0.355 e. The van der Waals surface area contributed by atoms with Crippen LogP contribution in [0.2, 0.25) is 0 Å². The maximum atomic E-state index is 12.5. The van der Waals surface area contributed by atoms with Crippen LogP contribution in [0, 0.1) is 6.92 Å². The van der Waals surface area contributed by atoms with Gasteiger partial charge in [-0.3, -0.25) is 14.3 Å². The van der Waals surface area contributed by atoms with Gasteiger partial charge in [0.1, 0.15) is 0 Å². The molecule has 7 nitrogen and oxygen atoms in total. The summed E-state index contributed by atoms with van der Waals surface area (Å²) in [7, 11) is -2.23. The number of nitrogens with one attached hydrogen (secondary N) is 2.